The Kier molecular flexibility index (Phi) is 8.58. The largest absolute Gasteiger partial charge is 0.490 e. The molecule has 1 aromatic heterocycles. The van der Waals surface area contributed by atoms with E-state index in [-0.39, 0.29) is 16.5 Å². The van der Waals surface area contributed by atoms with E-state index in [1.54, 1.807) is 32.0 Å². The quantitative estimate of drug-likeness (QED) is 0.336. The van der Waals surface area contributed by atoms with Crippen LogP contribution in [0.15, 0.2) is 42.5 Å². The lowest BCUT2D eigenvalue weighted by Crippen LogP contribution is -2.16. The van der Waals surface area contributed by atoms with Gasteiger partial charge in [0.15, 0.2) is 11.5 Å². The number of rotatable bonds is 8. The Bertz CT molecular complexity index is 1250. The van der Waals surface area contributed by atoms with Crippen LogP contribution in [-0.2, 0) is 21.5 Å². The Hall–Kier alpha value is -3.87. The molecule has 196 valence electrons. The number of carbonyl (C=O) groups excluding carboxylic acids is 2. The average molecular weight is 506 g/mol. The molecule has 0 fully saturated rings. The molecule has 0 unspecified atom stereocenters. The van der Waals surface area contributed by atoms with E-state index in [0.717, 1.165) is 5.56 Å². The summed E-state index contributed by atoms with van der Waals surface area (Å²) in [6.07, 6.45) is 0. The maximum atomic E-state index is 12.8. The maximum Gasteiger partial charge on any atom is 0.340 e. The van der Waals surface area contributed by atoms with Crippen molar-refractivity contribution in [2.75, 3.05) is 20.8 Å². The molecule has 7 nitrogen and oxygen atoms in total. The molecule has 0 radical (unpaired) electrons. The first-order chi connectivity index (χ1) is 17.5. The molecular weight excluding hydrogens is 470 g/mol. The lowest BCUT2D eigenvalue weighted by Gasteiger charge is -2.20. The van der Waals surface area contributed by atoms with Crippen molar-refractivity contribution < 1.29 is 28.5 Å². The third-order valence-corrected chi connectivity index (χ3v) is 6.08. The Morgan fingerprint density at radius 3 is 1.86 bits per heavy atom. The Morgan fingerprint density at radius 2 is 1.38 bits per heavy atom. The Labute approximate surface area is 218 Å². The third-order valence-electron chi connectivity index (χ3n) is 6.08. The van der Waals surface area contributed by atoms with Crippen molar-refractivity contribution in [3.63, 3.8) is 0 Å². The molecule has 0 saturated carbocycles. The van der Waals surface area contributed by atoms with Crippen molar-refractivity contribution in [2.45, 2.75) is 53.6 Å². The third kappa shape index (κ3) is 6.10. The van der Waals surface area contributed by atoms with E-state index in [2.05, 4.69) is 50.0 Å². The van der Waals surface area contributed by atoms with Crippen molar-refractivity contribution in [1.29, 1.82) is 0 Å². The highest BCUT2D eigenvalue weighted by Crippen LogP contribution is 2.38. The van der Waals surface area contributed by atoms with Crippen LogP contribution < -0.4 is 9.47 Å². The Morgan fingerprint density at radius 1 is 0.811 bits per heavy atom. The predicted octanol–water partition coefficient (Wildman–Crippen LogP) is 6.21. The zero-order valence-corrected chi connectivity index (χ0v) is 22.9. The average Bonchev–Trinajstić information content (AvgIpc) is 2.86. The van der Waals surface area contributed by atoms with Gasteiger partial charge < -0.3 is 18.9 Å². The highest BCUT2D eigenvalue weighted by Gasteiger charge is 2.28. The van der Waals surface area contributed by atoms with Gasteiger partial charge in [-0.1, -0.05) is 51.1 Å². The molecule has 0 amide bonds. The molecular formula is C30H35NO6. The fraction of sp³-hybridized carbons (Fsp3) is 0.367. The summed E-state index contributed by atoms with van der Waals surface area (Å²) < 4.78 is 22.0. The molecule has 0 spiro atoms. The molecule has 37 heavy (non-hydrogen) atoms. The number of esters is 2. The standard InChI is InChI=1S/C30H35NO6/c1-9-36-24-16-21(12-15-23(24)37-17-20-10-13-22(14-11-20)30(4,5)6)27-25(28(32)34-7)18(2)31-19(3)26(27)29(33)35-8/h10-16H,9,17H2,1-8H3. The van der Waals surface area contributed by atoms with Gasteiger partial charge in [0.25, 0.3) is 0 Å². The number of hydrogen-bond donors (Lipinski definition) is 0. The molecule has 3 aromatic rings. The Balaban J connectivity index is 2.06. The minimum atomic E-state index is -0.595. The highest BCUT2D eigenvalue weighted by atomic mass is 16.5. The van der Waals surface area contributed by atoms with Crippen LogP contribution in [0.2, 0.25) is 0 Å². The first kappa shape index (κ1) is 27.7. The first-order valence-corrected chi connectivity index (χ1v) is 12.2. The second-order valence-electron chi connectivity index (χ2n) is 9.72. The monoisotopic (exact) mass is 505 g/mol. The van der Waals surface area contributed by atoms with Crippen molar-refractivity contribution in [1.82, 2.24) is 4.98 Å². The molecule has 2 aromatic carbocycles. The smallest absolute Gasteiger partial charge is 0.340 e. The van der Waals surface area contributed by atoms with E-state index in [4.69, 9.17) is 18.9 Å². The molecule has 0 aliphatic rings. The van der Waals surface area contributed by atoms with E-state index in [1.165, 1.54) is 19.8 Å². The van der Waals surface area contributed by atoms with Crippen LogP contribution >= 0.6 is 0 Å². The zero-order chi connectivity index (χ0) is 27.3. The number of hydrogen-bond acceptors (Lipinski definition) is 7. The summed E-state index contributed by atoms with van der Waals surface area (Å²) in [6, 6.07) is 13.7. The maximum absolute atomic E-state index is 12.8. The number of benzene rings is 2. The first-order valence-electron chi connectivity index (χ1n) is 12.2. The minimum Gasteiger partial charge on any atom is -0.490 e. The van der Waals surface area contributed by atoms with Crippen LogP contribution in [0.4, 0.5) is 0 Å². The molecule has 3 rings (SSSR count). The van der Waals surface area contributed by atoms with Crippen molar-refractivity contribution in [3.05, 3.63) is 76.1 Å². The van der Waals surface area contributed by atoms with Gasteiger partial charge in [0, 0.05) is 5.56 Å². The summed E-state index contributed by atoms with van der Waals surface area (Å²) in [5.74, 6) is -0.151. The van der Waals surface area contributed by atoms with E-state index < -0.39 is 11.9 Å². The van der Waals surface area contributed by atoms with E-state index in [0.29, 0.717) is 47.2 Å². The van der Waals surface area contributed by atoms with Gasteiger partial charge in [-0.25, -0.2) is 9.59 Å². The molecule has 0 atom stereocenters. The van der Waals surface area contributed by atoms with Crippen LogP contribution in [0.1, 0.15) is 70.9 Å². The number of aromatic nitrogens is 1. The normalized spacial score (nSPS) is 11.1. The second-order valence-corrected chi connectivity index (χ2v) is 9.72. The van der Waals surface area contributed by atoms with Gasteiger partial charge in [-0.2, -0.15) is 0 Å². The van der Waals surface area contributed by atoms with Gasteiger partial charge in [-0.15, -0.1) is 0 Å². The van der Waals surface area contributed by atoms with Gasteiger partial charge in [0.1, 0.15) is 6.61 Å². The van der Waals surface area contributed by atoms with Crippen molar-refractivity contribution in [2.24, 2.45) is 0 Å². The van der Waals surface area contributed by atoms with Crippen LogP contribution in [-0.4, -0.2) is 37.7 Å². The van der Waals surface area contributed by atoms with Gasteiger partial charge >= 0.3 is 11.9 Å². The van der Waals surface area contributed by atoms with Crippen molar-refractivity contribution in [3.8, 4) is 22.6 Å². The van der Waals surface area contributed by atoms with Crippen LogP contribution in [0.5, 0.6) is 11.5 Å². The number of ether oxygens (including phenoxy) is 4. The second kappa shape index (κ2) is 11.5. The number of aryl methyl sites for hydroxylation is 2. The number of carbonyl (C=O) groups is 2. The highest BCUT2D eigenvalue weighted by molar-refractivity contribution is 6.07. The fourth-order valence-electron chi connectivity index (χ4n) is 4.16. The lowest BCUT2D eigenvalue weighted by molar-refractivity contribution is 0.0599. The summed E-state index contributed by atoms with van der Waals surface area (Å²) in [5.41, 5.74) is 4.61. The van der Waals surface area contributed by atoms with E-state index >= 15 is 0 Å². The number of methoxy groups -OCH3 is 2. The molecule has 7 heteroatoms. The van der Waals surface area contributed by atoms with Crippen LogP contribution in [0.3, 0.4) is 0 Å². The van der Waals surface area contributed by atoms with Gasteiger partial charge in [0.2, 0.25) is 0 Å². The zero-order valence-electron chi connectivity index (χ0n) is 22.9. The fourth-order valence-corrected chi connectivity index (χ4v) is 4.16. The molecule has 0 aliphatic heterocycles. The van der Waals surface area contributed by atoms with Gasteiger partial charge in [-0.3, -0.25) is 4.98 Å². The van der Waals surface area contributed by atoms with Gasteiger partial charge in [0.05, 0.1) is 43.3 Å². The topological polar surface area (TPSA) is 84.0 Å². The summed E-state index contributed by atoms with van der Waals surface area (Å²) in [4.78, 5) is 29.9. The molecule has 1 heterocycles. The van der Waals surface area contributed by atoms with Gasteiger partial charge in [-0.05, 0) is 55.0 Å². The SMILES string of the molecule is CCOc1cc(-c2c(C(=O)OC)c(C)nc(C)c2C(=O)OC)ccc1OCc1ccc(C(C)(C)C)cc1. The minimum absolute atomic E-state index is 0.0765. The lowest BCUT2D eigenvalue weighted by atomic mass is 9.87. The molecule has 0 N–H and O–H groups in total. The molecule has 0 bridgehead atoms. The summed E-state index contributed by atoms with van der Waals surface area (Å²) in [7, 11) is 2.58. The summed E-state index contributed by atoms with van der Waals surface area (Å²) >= 11 is 0. The van der Waals surface area contributed by atoms with Crippen molar-refractivity contribution >= 4 is 11.9 Å². The van der Waals surface area contributed by atoms with Crippen LogP contribution in [0, 0.1) is 13.8 Å². The van der Waals surface area contributed by atoms with Crippen LogP contribution in [0.25, 0.3) is 11.1 Å². The number of pyridine rings is 1. The summed E-state index contributed by atoms with van der Waals surface area (Å²) in [5, 5.41) is 0. The molecule has 0 aliphatic carbocycles. The number of nitrogens with zero attached hydrogens (tertiary/aromatic N) is 1. The van der Waals surface area contributed by atoms with E-state index in [1.807, 2.05) is 6.92 Å². The predicted molar refractivity (Wildman–Crippen MR) is 142 cm³/mol. The molecule has 0 saturated heterocycles. The summed E-state index contributed by atoms with van der Waals surface area (Å²) in [6.45, 7) is 12.6. The van der Waals surface area contributed by atoms with E-state index in [9.17, 15) is 9.59 Å².